The van der Waals surface area contributed by atoms with Crippen molar-refractivity contribution in [1.29, 1.82) is 0 Å². The summed E-state index contributed by atoms with van der Waals surface area (Å²) in [7, 11) is -7.72. The van der Waals surface area contributed by atoms with Crippen molar-refractivity contribution < 1.29 is 16.8 Å². The van der Waals surface area contributed by atoms with Gasteiger partial charge in [0.05, 0.1) is 16.0 Å². The van der Waals surface area contributed by atoms with E-state index in [1.807, 2.05) is 4.83 Å². The van der Waals surface area contributed by atoms with E-state index in [0.29, 0.717) is 5.56 Å². The monoisotopic (exact) mass is 261 g/mol. The molecule has 0 amide bonds. The van der Waals surface area contributed by atoms with E-state index in [1.54, 1.807) is 0 Å². The number of fused-ring (bicyclic) bond motifs is 1. The van der Waals surface area contributed by atoms with E-state index in [4.69, 9.17) is 5.14 Å². The van der Waals surface area contributed by atoms with Crippen LogP contribution in [-0.4, -0.2) is 23.1 Å². The number of hydrogen-bond donors (Lipinski definition) is 2. The van der Waals surface area contributed by atoms with E-state index in [2.05, 4.69) is 5.10 Å². The molecule has 1 heterocycles. The molecule has 0 saturated carbocycles. The molecule has 3 N–H and O–H groups in total. The maximum absolute atomic E-state index is 11.5. The first-order valence-electron chi connectivity index (χ1n) is 4.02. The van der Waals surface area contributed by atoms with Crippen LogP contribution in [-0.2, 0) is 20.0 Å². The van der Waals surface area contributed by atoms with Crippen LogP contribution in [0.1, 0.15) is 5.56 Å². The van der Waals surface area contributed by atoms with Gasteiger partial charge in [0.15, 0.2) is 0 Å². The van der Waals surface area contributed by atoms with Crippen LogP contribution in [0.25, 0.3) is 0 Å². The van der Waals surface area contributed by atoms with Crippen molar-refractivity contribution in [2.24, 2.45) is 10.2 Å². The highest BCUT2D eigenvalue weighted by Crippen LogP contribution is 2.20. The van der Waals surface area contributed by atoms with Crippen LogP contribution in [0.15, 0.2) is 33.1 Å². The smallest absolute Gasteiger partial charge is 0.225 e. The molecule has 1 aromatic carbocycles. The SMILES string of the molecule is NS(=O)(=O)c1ccc2c(c1)S(=O)(=O)NN=C2. The zero-order chi connectivity index (χ0) is 12.0. The summed E-state index contributed by atoms with van der Waals surface area (Å²) >= 11 is 0. The second kappa shape index (κ2) is 3.27. The number of hydrogen-bond acceptors (Lipinski definition) is 5. The summed E-state index contributed by atoms with van der Waals surface area (Å²) in [5.74, 6) is 0. The number of hydrazone groups is 1. The van der Waals surface area contributed by atoms with Gasteiger partial charge in [-0.1, -0.05) is 6.07 Å². The van der Waals surface area contributed by atoms with Gasteiger partial charge in [-0.25, -0.2) is 18.4 Å². The summed E-state index contributed by atoms with van der Waals surface area (Å²) in [6.45, 7) is 0. The quantitative estimate of drug-likeness (QED) is 0.671. The Morgan fingerprint density at radius 2 is 2.00 bits per heavy atom. The minimum atomic E-state index is -3.92. The van der Waals surface area contributed by atoms with Crippen molar-refractivity contribution in [1.82, 2.24) is 4.83 Å². The Morgan fingerprint density at radius 1 is 1.31 bits per heavy atom. The van der Waals surface area contributed by atoms with Gasteiger partial charge in [-0.15, -0.1) is 0 Å². The molecule has 1 aliphatic heterocycles. The van der Waals surface area contributed by atoms with Gasteiger partial charge in [0, 0.05) is 5.56 Å². The second-order valence-electron chi connectivity index (χ2n) is 3.10. The van der Waals surface area contributed by atoms with Crippen molar-refractivity contribution in [2.75, 3.05) is 0 Å². The predicted octanol–water partition coefficient (Wildman–Crippen LogP) is -1.04. The number of primary sulfonamides is 1. The van der Waals surface area contributed by atoms with Crippen LogP contribution < -0.4 is 9.97 Å². The van der Waals surface area contributed by atoms with E-state index in [1.165, 1.54) is 18.3 Å². The largest absolute Gasteiger partial charge is 0.277 e. The lowest BCUT2D eigenvalue weighted by Gasteiger charge is -2.12. The summed E-state index contributed by atoms with van der Waals surface area (Å²) in [6.07, 6.45) is 1.28. The average Bonchev–Trinajstić information content (AvgIpc) is 2.15. The fourth-order valence-corrected chi connectivity index (χ4v) is 2.86. The highest BCUT2D eigenvalue weighted by Gasteiger charge is 2.23. The van der Waals surface area contributed by atoms with Crippen LogP contribution in [0.4, 0.5) is 0 Å². The fourth-order valence-electron chi connectivity index (χ4n) is 1.25. The molecular weight excluding hydrogens is 254 g/mol. The van der Waals surface area contributed by atoms with Gasteiger partial charge >= 0.3 is 0 Å². The Kier molecular flexibility index (Phi) is 2.26. The molecule has 1 aliphatic rings. The van der Waals surface area contributed by atoms with E-state index in [-0.39, 0.29) is 9.79 Å². The topological polar surface area (TPSA) is 119 Å². The van der Waals surface area contributed by atoms with Crippen LogP contribution in [0.5, 0.6) is 0 Å². The van der Waals surface area contributed by atoms with Crippen LogP contribution in [0.2, 0.25) is 0 Å². The van der Waals surface area contributed by atoms with Gasteiger partial charge in [0.2, 0.25) is 10.0 Å². The van der Waals surface area contributed by atoms with Crippen LogP contribution in [0.3, 0.4) is 0 Å². The lowest BCUT2D eigenvalue weighted by atomic mass is 10.2. The summed E-state index contributed by atoms with van der Waals surface area (Å²) < 4.78 is 45.1. The van der Waals surface area contributed by atoms with E-state index in [0.717, 1.165) is 6.07 Å². The van der Waals surface area contributed by atoms with Gasteiger partial charge in [0.25, 0.3) is 10.0 Å². The molecule has 0 aliphatic carbocycles. The Hall–Kier alpha value is -1.45. The van der Waals surface area contributed by atoms with Gasteiger partial charge in [-0.3, -0.25) is 0 Å². The molecular formula is C7H7N3O4S2. The molecule has 0 unspecified atom stereocenters. The zero-order valence-corrected chi connectivity index (χ0v) is 9.42. The standard InChI is InChI=1S/C7H7N3O4S2/c8-15(11,12)6-2-1-5-4-9-10-16(13,14)7(5)3-6/h1-4,10H,(H2,8,11,12). The molecule has 0 spiro atoms. The maximum atomic E-state index is 11.5. The van der Waals surface area contributed by atoms with Gasteiger partial charge in [-0.2, -0.15) is 13.5 Å². The molecule has 2 rings (SSSR count). The van der Waals surface area contributed by atoms with E-state index < -0.39 is 20.0 Å². The van der Waals surface area contributed by atoms with Crippen LogP contribution in [0, 0.1) is 0 Å². The third kappa shape index (κ3) is 1.79. The van der Waals surface area contributed by atoms with E-state index >= 15 is 0 Å². The summed E-state index contributed by atoms with van der Waals surface area (Å²) in [5, 5.41) is 8.32. The average molecular weight is 261 g/mol. The summed E-state index contributed by atoms with van der Waals surface area (Å²) in [4.78, 5) is 1.48. The zero-order valence-electron chi connectivity index (χ0n) is 7.78. The molecule has 9 heteroatoms. The molecule has 0 aromatic heterocycles. The fraction of sp³-hybridized carbons (Fsp3) is 0. The maximum Gasteiger partial charge on any atom is 0.277 e. The molecule has 1 aromatic rings. The Balaban J connectivity index is 2.76. The lowest BCUT2D eigenvalue weighted by molar-refractivity contribution is 0.582. The van der Waals surface area contributed by atoms with Crippen molar-refractivity contribution in [2.45, 2.75) is 9.79 Å². The first kappa shape index (κ1) is 11.0. The Morgan fingerprint density at radius 3 is 2.62 bits per heavy atom. The number of nitrogens with zero attached hydrogens (tertiary/aromatic N) is 1. The first-order valence-corrected chi connectivity index (χ1v) is 7.05. The minimum absolute atomic E-state index is 0.158. The van der Waals surface area contributed by atoms with Gasteiger partial charge in [-0.05, 0) is 12.1 Å². The predicted molar refractivity (Wildman–Crippen MR) is 55.7 cm³/mol. The lowest BCUT2D eigenvalue weighted by Crippen LogP contribution is -2.24. The molecule has 0 radical (unpaired) electrons. The third-order valence-electron chi connectivity index (χ3n) is 1.98. The third-order valence-corrected chi connectivity index (χ3v) is 4.17. The molecule has 0 atom stereocenters. The summed E-state index contributed by atoms with van der Waals surface area (Å²) in [6, 6.07) is 3.55. The molecule has 86 valence electrons. The number of nitrogens with two attached hydrogens (primary N) is 1. The highest BCUT2D eigenvalue weighted by molar-refractivity contribution is 7.90. The van der Waals surface area contributed by atoms with Gasteiger partial charge in [0.1, 0.15) is 0 Å². The number of benzene rings is 1. The van der Waals surface area contributed by atoms with Crippen molar-refractivity contribution in [3.05, 3.63) is 23.8 Å². The molecule has 0 saturated heterocycles. The number of sulfonamides is 2. The number of rotatable bonds is 1. The summed E-state index contributed by atoms with van der Waals surface area (Å²) in [5.41, 5.74) is 0.311. The molecule has 0 bridgehead atoms. The molecule has 16 heavy (non-hydrogen) atoms. The Bertz CT molecular complexity index is 676. The normalized spacial score (nSPS) is 17.6. The van der Waals surface area contributed by atoms with E-state index in [9.17, 15) is 16.8 Å². The first-order chi connectivity index (χ1) is 7.31. The van der Waals surface area contributed by atoms with Crippen LogP contribution >= 0.6 is 0 Å². The van der Waals surface area contributed by atoms with Gasteiger partial charge < -0.3 is 0 Å². The second-order valence-corrected chi connectivity index (χ2v) is 6.29. The Labute approximate surface area is 92.1 Å². The minimum Gasteiger partial charge on any atom is -0.225 e. The molecule has 7 nitrogen and oxygen atoms in total. The number of nitrogens with one attached hydrogen (secondary N) is 1. The van der Waals surface area contributed by atoms with Crippen molar-refractivity contribution in [3.63, 3.8) is 0 Å². The molecule has 0 fully saturated rings. The van der Waals surface area contributed by atoms with Crippen molar-refractivity contribution >= 4 is 26.3 Å². The van der Waals surface area contributed by atoms with Crippen molar-refractivity contribution in [3.8, 4) is 0 Å². The highest BCUT2D eigenvalue weighted by atomic mass is 32.2.